The van der Waals surface area contributed by atoms with Crippen LogP contribution >= 0.6 is 0 Å². The fourth-order valence-electron chi connectivity index (χ4n) is 5.20. The third kappa shape index (κ3) is 3.39. The number of ether oxygens (including phenoxy) is 1. The van der Waals surface area contributed by atoms with Crippen LogP contribution in [0.25, 0.3) is 6.08 Å². The molecule has 0 radical (unpaired) electrons. The Labute approximate surface area is 183 Å². The Morgan fingerprint density at radius 3 is 2.42 bits per heavy atom. The number of rotatable bonds is 5. The molecule has 0 bridgehead atoms. The topological polar surface area (TPSA) is 46.5 Å². The van der Waals surface area contributed by atoms with Gasteiger partial charge >= 0.3 is 5.97 Å². The van der Waals surface area contributed by atoms with Gasteiger partial charge in [-0.1, -0.05) is 72.3 Å². The molecule has 3 nitrogen and oxygen atoms in total. The van der Waals surface area contributed by atoms with Crippen LogP contribution in [0.5, 0.6) is 0 Å². The third-order valence-corrected chi connectivity index (χ3v) is 6.77. The lowest BCUT2D eigenvalue weighted by molar-refractivity contribution is 0.0526. The average Bonchev–Trinajstić information content (AvgIpc) is 3.35. The number of carbonyl (C=O) groups is 1. The first-order valence-corrected chi connectivity index (χ1v) is 10.9. The molecule has 1 N–H and O–H groups in total. The van der Waals surface area contributed by atoms with Crippen LogP contribution in [-0.2, 0) is 24.0 Å². The summed E-state index contributed by atoms with van der Waals surface area (Å²) >= 11 is 0. The van der Waals surface area contributed by atoms with Crippen LogP contribution in [0.15, 0.2) is 78.4 Å². The van der Waals surface area contributed by atoms with Crippen LogP contribution in [0.3, 0.4) is 0 Å². The molecule has 5 rings (SSSR count). The molecule has 3 aromatic rings. The molecule has 0 aliphatic heterocycles. The van der Waals surface area contributed by atoms with Gasteiger partial charge in [0.25, 0.3) is 0 Å². The lowest BCUT2D eigenvalue weighted by Gasteiger charge is -2.35. The van der Waals surface area contributed by atoms with E-state index in [1.807, 2.05) is 49.4 Å². The normalized spacial score (nSPS) is 21.4. The highest BCUT2D eigenvalue weighted by Gasteiger charge is 2.48. The van der Waals surface area contributed by atoms with Crippen LogP contribution in [-0.4, -0.2) is 17.7 Å². The molecular weight excluding hydrogens is 384 g/mol. The van der Waals surface area contributed by atoms with E-state index in [1.165, 1.54) is 22.3 Å². The minimum Gasteiger partial charge on any atom is -0.462 e. The zero-order valence-electron chi connectivity index (χ0n) is 17.7. The monoisotopic (exact) mass is 410 g/mol. The van der Waals surface area contributed by atoms with Gasteiger partial charge in [0.1, 0.15) is 0 Å². The number of benzene rings is 3. The van der Waals surface area contributed by atoms with Gasteiger partial charge < -0.3 is 9.84 Å². The van der Waals surface area contributed by atoms with Crippen LogP contribution in [0, 0.1) is 5.41 Å². The van der Waals surface area contributed by atoms with E-state index in [4.69, 9.17) is 4.74 Å². The van der Waals surface area contributed by atoms with Crippen LogP contribution in [0.1, 0.15) is 51.2 Å². The van der Waals surface area contributed by atoms with E-state index in [9.17, 15) is 9.90 Å². The summed E-state index contributed by atoms with van der Waals surface area (Å²) in [6.45, 7) is 2.17. The molecule has 2 aliphatic carbocycles. The maximum absolute atomic E-state index is 12.0. The fraction of sp³-hybridized carbons (Fsp3) is 0.250. The molecule has 2 aliphatic rings. The van der Waals surface area contributed by atoms with Gasteiger partial charge in [0, 0.05) is 5.41 Å². The van der Waals surface area contributed by atoms with Crippen LogP contribution < -0.4 is 0 Å². The molecule has 3 heteroatoms. The second-order valence-corrected chi connectivity index (χ2v) is 8.57. The van der Waals surface area contributed by atoms with E-state index in [2.05, 4.69) is 36.4 Å². The maximum Gasteiger partial charge on any atom is 0.338 e. The van der Waals surface area contributed by atoms with Crippen molar-refractivity contribution in [3.8, 4) is 0 Å². The van der Waals surface area contributed by atoms with Gasteiger partial charge in [-0.25, -0.2) is 4.79 Å². The molecule has 156 valence electrons. The summed E-state index contributed by atoms with van der Waals surface area (Å²) in [6.07, 6.45) is 4.10. The molecule has 31 heavy (non-hydrogen) atoms. The Morgan fingerprint density at radius 1 is 1.00 bits per heavy atom. The van der Waals surface area contributed by atoms with Gasteiger partial charge in [0.15, 0.2) is 0 Å². The number of carbonyl (C=O) groups excluding carboxylic acids is 1. The quantitative estimate of drug-likeness (QED) is 0.579. The largest absolute Gasteiger partial charge is 0.462 e. The molecule has 0 saturated carbocycles. The molecule has 0 heterocycles. The Hall–Kier alpha value is -3.17. The first kappa shape index (κ1) is 19.8. The van der Waals surface area contributed by atoms with Crippen molar-refractivity contribution in [3.05, 3.63) is 112 Å². The zero-order chi connectivity index (χ0) is 21.4. The molecule has 0 aromatic heterocycles. The van der Waals surface area contributed by atoms with Gasteiger partial charge in [0.05, 0.1) is 18.3 Å². The van der Waals surface area contributed by atoms with Crippen molar-refractivity contribution in [2.24, 2.45) is 5.41 Å². The van der Waals surface area contributed by atoms with Crippen molar-refractivity contribution >= 4 is 12.0 Å². The Kier molecular flexibility index (Phi) is 4.99. The predicted octanol–water partition coefficient (Wildman–Crippen LogP) is 5.32. The number of aliphatic hydroxyl groups excluding tert-OH is 1. The van der Waals surface area contributed by atoms with E-state index in [0.29, 0.717) is 18.6 Å². The lowest BCUT2D eigenvalue weighted by atomic mass is 9.70. The van der Waals surface area contributed by atoms with Crippen LogP contribution in [0.2, 0.25) is 0 Å². The molecule has 3 aromatic carbocycles. The summed E-state index contributed by atoms with van der Waals surface area (Å²) < 4.78 is 5.11. The van der Waals surface area contributed by atoms with Crippen molar-refractivity contribution in [1.29, 1.82) is 0 Å². The van der Waals surface area contributed by atoms with E-state index in [1.54, 1.807) is 0 Å². The van der Waals surface area contributed by atoms with Gasteiger partial charge in [-0.05, 0) is 66.1 Å². The summed E-state index contributed by atoms with van der Waals surface area (Å²) in [5.41, 5.74) is 7.37. The van der Waals surface area contributed by atoms with Crippen molar-refractivity contribution in [3.63, 3.8) is 0 Å². The minimum atomic E-state index is -0.561. The number of hydrogen-bond acceptors (Lipinski definition) is 3. The van der Waals surface area contributed by atoms with E-state index in [0.717, 1.165) is 24.0 Å². The first-order chi connectivity index (χ1) is 15.1. The molecule has 0 fully saturated rings. The van der Waals surface area contributed by atoms with Gasteiger partial charge in [-0.2, -0.15) is 0 Å². The molecule has 0 saturated heterocycles. The summed E-state index contributed by atoms with van der Waals surface area (Å²) in [4.78, 5) is 12.0. The molecule has 0 spiro atoms. The van der Waals surface area contributed by atoms with Gasteiger partial charge in [-0.15, -0.1) is 0 Å². The van der Waals surface area contributed by atoms with Gasteiger partial charge in [-0.3, -0.25) is 0 Å². The van der Waals surface area contributed by atoms with Crippen LogP contribution in [0.4, 0.5) is 0 Å². The third-order valence-electron chi connectivity index (χ3n) is 6.77. The minimum absolute atomic E-state index is 0.300. The molecule has 0 amide bonds. The Bertz CT molecular complexity index is 1160. The Balaban J connectivity index is 1.52. The summed E-state index contributed by atoms with van der Waals surface area (Å²) in [5, 5.41) is 11.6. The predicted molar refractivity (Wildman–Crippen MR) is 122 cm³/mol. The SMILES string of the molecule is CCOC(=O)c1ccc(CC2(C3=Cc4ccccc4C3)Cc3ccccc3C2O)cc1. The number of hydrogen-bond donors (Lipinski definition) is 1. The standard InChI is InChI=1S/C28H26O3/c1-2-31-27(30)20-13-11-19(12-14-20)17-28(18-23-9-5-6-10-25(23)26(28)29)24-15-21-7-3-4-8-22(21)16-24/h3-15,26,29H,2,16-18H2,1H3. The molecular formula is C28H26O3. The first-order valence-electron chi connectivity index (χ1n) is 10.9. The smallest absolute Gasteiger partial charge is 0.338 e. The Morgan fingerprint density at radius 2 is 1.71 bits per heavy atom. The van der Waals surface area contributed by atoms with Crippen molar-refractivity contribution in [1.82, 2.24) is 0 Å². The average molecular weight is 411 g/mol. The molecule has 2 unspecified atom stereocenters. The molecule has 2 atom stereocenters. The summed E-state index contributed by atoms with van der Waals surface area (Å²) in [6, 6.07) is 24.3. The fourth-order valence-corrected chi connectivity index (χ4v) is 5.20. The number of esters is 1. The van der Waals surface area contributed by atoms with Crippen molar-refractivity contribution < 1.29 is 14.6 Å². The van der Waals surface area contributed by atoms with E-state index < -0.39 is 11.5 Å². The number of aliphatic hydroxyl groups is 1. The second-order valence-electron chi connectivity index (χ2n) is 8.57. The van der Waals surface area contributed by atoms with E-state index in [-0.39, 0.29) is 5.97 Å². The highest BCUT2D eigenvalue weighted by molar-refractivity contribution is 5.89. The second kappa shape index (κ2) is 7.82. The zero-order valence-corrected chi connectivity index (χ0v) is 17.7. The van der Waals surface area contributed by atoms with E-state index >= 15 is 0 Å². The summed E-state index contributed by atoms with van der Waals surface area (Å²) in [7, 11) is 0. The maximum atomic E-state index is 12.0. The highest BCUT2D eigenvalue weighted by atomic mass is 16.5. The van der Waals surface area contributed by atoms with Gasteiger partial charge in [0.2, 0.25) is 0 Å². The lowest BCUT2D eigenvalue weighted by Crippen LogP contribution is -2.31. The van der Waals surface area contributed by atoms with Crippen molar-refractivity contribution in [2.45, 2.75) is 32.3 Å². The highest BCUT2D eigenvalue weighted by Crippen LogP contribution is 2.54. The van der Waals surface area contributed by atoms with Crippen molar-refractivity contribution in [2.75, 3.05) is 6.61 Å². The summed E-state index contributed by atoms with van der Waals surface area (Å²) in [5.74, 6) is -0.300. The number of fused-ring (bicyclic) bond motifs is 2.